The van der Waals surface area contributed by atoms with Crippen LogP contribution in [0.3, 0.4) is 0 Å². The van der Waals surface area contributed by atoms with E-state index in [-0.39, 0.29) is 61.7 Å². The van der Waals surface area contributed by atoms with Crippen molar-refractivity contribution in [2.75, 3.05) is 20.3 Å². The second kappa shape index (κ2) is 17.5. The molecule has 0 saturated heterocycles. The van der Waals surface area contributed by atoms with Gasteiger partial charge in [-0.05, 0) is 42.4 Å². The molecule has 0 aromatic heterocycles. The van der Waals surface area contributed by atoms with Crippen molar-refractivity contribution in [1.82, 2.24) is 5.32 Å². The van der Waals surface area contributed by atoms with Gasteiger partial charge in [-0.15, -0.1) is 0 Å². The molecule has 0 amide bonds. The van der Waals surface area contributed by atoms with E-state index >= 15 is 0 Å². The summed E-state index contributed by atoms with van der Waals surface area (Å²) in [5.41, 5.74) is 0.662. The van der Waals surface area contributed by atoms with Gasteiger partial charge in [0.25, 0.3) is 0 Å². The molecule has 0 bridgehead atoms. The molecule has 0 radical (unpaired) electrons. The van der Waals surface area contributed by atoms with Gasteiger partial charge >= 0.3 is 23.9 Å². The summed E-state index contributed by atoms with van der Waals surface area (Å²) in [4.78, 5) is 48.7. The van der Waals surface area contributed by atoms with Gasteiger partial charge in [0.2, 0.25) is 0 Å². The Morgan fingerprint density at radius 3 is 2.05 bits per heavy atom. The summed E-state index contributed by atoms with van der Waals surface area (Å²) in [7, 11) is 1.29. The molecule has 0 spiro atoms. The number of hydrogen-bond donors (Lipinski definition) is 1. The lowest BCUT2D eigenvalue weighted by atomic mass is 10.0. The highest BCUT2D eigenvalue weighted by Crippen LogP contribution is 2.30. The van der Waals surface area contributed by atoms with Crippen LogP contribution in [-0.4, -0.2) is 50.2 Å². The van der Waals surface area contributed by atoms with Crippen molar-refractivity contribution in [2.45, 2.75) is 85.6 Å². The predicted octanol–water partition coefficient (Wildman–Crippen LogP) is 4.39. The van der Waals surface area contributed by atoms with Crippen LogP contribution in [0, 0.1) is 11.8 Å². The van der Waals surface area contributed by atoms with Gasteiger partial charge in [-0.1, -0.05) is 53.5 Å². The first kappa shape index (κ1) is 32.1. The van der Waals surface area contributed by atoms with E-state index in [9.17, 15) is 19.2 Å². The van der Waals surface area contributed by atoms with E-state index in [2.05, 4.69) is 12.2 Å². The van der Waals surface area contributed by atoms with E-state index in [0.29, 0.717) is 12.0 Å². The van der Waals surface area contributed by atoms with Gasteiger partial charge in [0.1, 0.15) is 12.6 Å². The summed E-state index contributed by atoms with van der Waals surface area (Å²) in [6.07, 6.45) is 3.80. The number of esters is 4. The number of ether oxygens (including phenoxy) is 4. The Hall–Kier alpha value is -2.94. The fourth-order valence-electron chi connectivity index (χ4n) is 3.45. The highest BCUT2D eigenvalue weighted by molar-refractivity contribution is 5.77. The maximum absolute atomic E-state index is 12.4. The summed E-state index contributed by atoms with van der Waals surface area (Å²) in [6.45, 7) is 10.1. The third-order valence-electron chi connectivity index (χ3n) is 5.27. The summed E-state index contributed by atoms with van der Waals surface area (Å²) in [6, 6.07) is 4.11. The molecule has 0 aliphatic heterocycles. The zero-order valence-corrected chi connectivity index (χ0v) is 23.1. The molecular formula is C28H43NO8. The second-order valence-corrected chi connectivity index (χ2v) is 9.84. The average molecular weight is 522 g/mol. The first-order valence-electron chi connectivity index (χ1n) is 13.1. The number of nitrogens with one attached hydrogen (secondary N) is 1. The van der Waals surface area contributed by atoms with Gasteiger partial charge in [0, 0.05) is 25.8 Å². The molecule has 1 rings (SSSR count). The first-order chi connectivity index (χ1) is 17.5. The van der Waals surface area contributed by atoms with E-state index in [0.717, 1.165) is 19.3 Å². The Bertz CT molecular complexity index is 881. The van der Waals surface area contributed by atoms with E-state index in [1.807, 2.05) is 27.7 Å². The minimum atomic E-state index is -0.725. The van der Waals surface area contributed by atoms with Crippen molar-refractivity contribution >= 4 is 23.9 Å². The number of carbonyl (C=O) groups excluding carboxylic acids is 4. The maximum Gasteiger partial charge on any atom is 0.323 e. The fourth-order valence-corrected chi connectivity index (χ4v) is 3.45. The van der Waals surface area contributed by atoms with Crippen molar-refractivity contribution in [2.24, 2.45) is 11.8 Å². The second-order valence-electron chi connectivity index (χ2n) is 9.84. The van der Waals surface area contributed by atoms with Crippen LogP contribution in [0.25, 0.3) is 0 Å². The standard InChI is InChI=1S/C28H43NO8/c1-7-8-9-10-25(30)35-14-13-29-22(28(33)34-6)17-21-11-12-23(36-26(31)15-19(2)3)24(18-21)37-27(32)16-20(4)5/h11-12,18-20,22,29H,7-10,13-17H2,1-6H3/t22-/m0/s1. The Morgan fingerprint density at radius 1 is 0.865 bits per heavy atom. The molecule has 1 aromatic carbocycles. The average Bonchev–Trinajstić information content (AvgIpc) is 2.81. The zero-order valence-electron chi connectivity index (χ0n) is 23.1. The lowest BCUT2D eigenvalue weighted by Crippen LogP contribution is -2.41. The lowest BCUT2D eigenvalue weighted by molar-refractivity contribution is -0.144. The van der Waals surface area contributed by atoms with Crippen molar-refractivity contribution in [3.05, 3.63) is 23.8 Å². The van der Waals surface area contributed by atoms with Gasteiger partial charge in [-0.3, -0.25) is 19.2 Å². The number of methoxy groups -OCH3 is 1. The molecule has 0 saturated carbocycles. The van der Waals surface area contributed by atoms with Crippen molar-refractivity contribution in [3.63, 3.8) is 0 Å². The van der Waals surface area contributed by atoms with E-state index in [4.69, 9.17) is 18.9 Å². The topological polar surface area (TPSA) is 117 Å². The van der Waals surface area contributed by atoms with Gasteiger partial charge < -0.3 is 24.3 Å². The van der Waals surface area contributed by atoms with Crippen molar-refractivity contribution < 1.29 is 38.1 Å². The van der Waals surface area contributed by atoms with Crippen LogP contribution >= 0.6 is 0 Å². The zero-order chi connectivity index (χ0) is 27.8. The normalized spacial score (nSPS) is 11.8. The van der Waals surface area contributed by atoms with Crippen LogP contribution in [0.15, 0.2) is 18.2 Å². The number of benzene rings is 1. The Kier molecular flexibility index (Phi) is 15.2. The largest absolute Gasteiger partial charge is 0.468 e. The lowest BCUT2D eigenvalue weighted by Gasteiger charge is -2.18. The number of unbranched alkanes of at least 4 members (excludes halogenated alkanes) is 2. The summed E-state index contributed by atoms with van der Waals surface area (Å²) in [5.74, 6) is -1.16. The van der Waals surface area contributed by atoms with Gasteiger partial charge in [0.15, 0.2) is 11.5 Å². The van der Waals surface area contributed by atoms with Gasteiger partial charge in [-0.2, -0.15) is 0 Å². The van der Waals surface area contributed by atoms with Crippen LogP contribution in [0.5, 0.6) is 11.5 Å². The van der Waals surface area contributed by atoms with Crippen molar-refractivity contribution in [1.29, 1.82) is 0 Å². The van der Waals surface area contributed by atoms with Crippen LogP contribution < -0.4 is 14.8 Å². The third kappa shape index (κ3) is 13.8. The van der Waals surface area contributed by atoms with Gasteiger partial charge in [0.05, 0.1) is 7.11 Å². The molecule has 0 aliphatic carbocycles. The van der Waals surface area contributed by atoms with Crippen LogP contribution in [-0.2, 0) is 35.1 Å². The molecular weight excluding hydrogens is 478 g/mol. The fraction of sp³-hybridized carbons (Fsp3) is 0.643. The highest BCUT2D eigenvalue weighted by Gasteiger charge is 2.22. The molecule has 208 valence electrons. The van der Waals surface area contributed by atoms with Crippen molar-refractivity contribution in [3.8, 4) is 11.5 Å². The maximum atomic E-state index is 12.4. The smallest absolute Gasteiger partial charge is 0.323 e. The Labute approximate surface area is 220 Å². The minimum absolute atomic E-state index is 0.0938. The first-order valence-corrected chi connectivity index (χ1v) is 13.1. The third-order valence-corrected chi connectivity index (χ3v) is 5.27. The molecule has 9 nitrogen and oxygen atoms in total. The quantitative estimate of drug-likeness (QED) is 0.181. The Morgan fingerprint density at radius 2 is 1.49 bits per heavy atom. The molecule has 1 atom stereocenters. The minimum Gasteiger partial charge on any atom is -0.468 e. The summed E-state index contributed by atoms with van der Waals surface area (Å²) >= 11 is 0. The van der Waals surface area contributed by atoms with E-state index in [1.165, 1.54) is 7.11 Å². The SMILES string of the molecule is CCCCCC(=O)OCCN[C@@H](Cc1ccc(OC(=O)CC(C)C)c(OC(=O)CC(C)C)c1)C(=O)OC. The van der Waals surface area contributed by atoms with E-state index < -0.39 is 23.9 Å². The van der Waals surface area contributed by atoms with Crippen LogP contribution in [0.4, 0.5) is 0 Å². The molecule has 9 heteroatoms. The molecule has 1 N–H and O–H groups in total. The number of carbonyl (C=O) groups is 4. The monoisotopic (exact) mass is 521 g/mol. The molecule has 0 fully saturated rings. The molecule has 0 aliphatic rings. The van der Waals surface area contributed by atoms with Gasteiger partial charge in [-0.25, -0.2) is 0 Å². The summed E-state index contributed by atoms with van der Waals surface area (Å²) < 4.78 is 21.1. The van der Waals surface area contributed by atoms with E-state index in [1.54, 1.807) is 18.2 Å². The molecule has 0 heterocycles. The molecule has 0 unspecified atom stereocenters. The Balaban J connectivity index is 2.92. The molecule has 1 aromatic rings. The highest BCUT2D eigenvalue weighted by atomic mass is 16.6. The molecule has 37 heavy (non-hydrogen) atoms. The van der Waals surface area contributed by atoms with Crippen LogP contribution in [0.1, 0.15) is 78.7 Å². The number of rotatable bonds is 17. The predicted molar refractivity (Wildman–Crippen MR) is 139 cm³/mol. The number of hydrogen-bond acceptors (Lipinski definition) is 9. The summed E-state index contributed by atoms with van der Waals surface area (Å²) in [5, 5.41) is 3.05. The van der Waals surface area contributed by atoms with Crippen LogP contribution in [0.2, 0.25) is 0 Å².